The van der Waals surface area contributed by atoms with Gasteiger partial charge in [-0.1, -0.05) is 71.1 Å². The molecule has 18 heavy (non-hydrogen) atoms. The van der Waals surface area contributed by atoms with Crippen molar-refractivity contribution in [3.05, 3.63) is 6.92 Å². The molecular weight excluding hydrogens is 247 g/mol. The summed E-state index contributed by atoms with van der Waals surface area (Å²) in [5, 5.41) is 0. The second kappa shape index (κ2) is 11.0. The van der Waals surface area contributed by atoms with Gasteiger partial charge in [-0.2, -0.15) is 0 Å². The van der Waals surface area contributed by atoms with Crippen molar-refractivity contribution in [3.8, 4) is 0 Å². The molecule has 1 unspecified atom stereocenters. The smallest absolute Gasteiger partial charge is 0.324 e. The van der Waals surface area contributed by atoms with E-state index in [1.807, 2.05) is 0 Å². The van der Waals surface area contributed by atoms with Gasteiger partial charge in [0.1, 0.15) is 0 Å². The minimum atomic E-state index is -3.94. The molecule has 0 bridgehead atoms. The first kappa shape index (κ1) is 18.1. The van der Waals surface area contributed by atoms with Gasteiger partial charge in [-0.3, -0.25) is 4.57 Å². The first-order chi connectivity index (χ1) is 8.48. The molecule has 0 aromatic heterocycles. The van der Waals surface area contributed by atoms with E-state index in [9.17, 15) is 4.57 Å². The molecule has 0 saturated carbocycles. The van der Waals surface area contributed by atoms with Crippen LogP contribution in [0, 0.1) is 6.92 Å². The summed E-state index contributed by atoms with van der Waals surface area (Å²) in [5.41, 5.74) is -0.716. The average molecular weight is 277 g/mol. The number of rotatable bonds is 12. The Labute approximate surface area is 113 Å². The highest BCUT2D eigenvalue weighted by Crippen LogP contribution is 2.42. The summed E-state index contributed by atoms with van der Waals surface area (Å²) in [6.07, 6.45) is 12.9. The van der Waals surface area contributed by atoms with Gasteiger partial charge in [-0.25, -0.2) is 0 Å². The van der Waals surface area contributed by atoms with Crippen molar-refractivity contribution >= 4 is 7.60 Å². The molecule has 3 nitrogen and oxygen atoms in total. The van der Waals surface area contributed by atoms with E-state index in [0.29, 0.717) is 6.42 Å². The molecule has 0 aliphatic carbocycles. The van der Waals surface area contributed by atoms with E-state index in [1.54, 1.807) is 0 Å². The lowest BCUT2D eigenvalue weighted by molar-refractivity contribution is 0.360. The third kappa shape index (κ3) is 11.3. The van der Waals surface area contributed by atoms with Crippen LogP contribution in [0.25, 0.3) is 0 Å². The van der Waals surface area contributed by atoms with Crippen molar-refractivity contribution < 1.29 is 14.4 Å². The van der Waals surface area contributed by atoms with E-state index in [1.165, 1.54) is 51.4 Å². The van der Waals surface area contributed by atoms with Crippen LogP contribution in [0.3, 0.4) is 0 Å². The lowest BCUT2D eigenvalue weighted by Crippen LogP contribution is -2.02. The minimum absolute atomic E-state index is 0.542. The van der Waals surface area contributed by atoms with Gasteiger partial charge in [0, 0.05) is 0 Å². The van der Waals surface area contributed by atoms with E-state index in [4.69, 9.17) is 9.79 Å². The largest absolute Gasteiger partial charge is 0.328 e. The zero-order valence-electron chi connectivity index (χ0n) is 11.8. The summed E-state index contributed by atoms with van der Waals surface area (Å²) in [6, 6.07) is 0. The van der Waals surface area contributed by atoms with E-state index < -0.39 is 13.3 Å². The molecule has 0 aliphatic heterocycles. The molecule has 0 spiro atoms. The Kier molecular flexibility index (Phi) is 11.1. The second-order valence-electron chi connectivity index (χ2n) is 5.21. The highest BCUT2D eigenvalue weighted by atomic mass is 31.2. The normalized spacial score (nSPS) is 13.8. The maximum absolute atomic E-state index is 10.9. The van der Waals surface area contributed by atoms with Crippen LogP contribution in [-0.2, 0) is 4.57 Å². The Morgan fingerprint density at radius 3 is 1.67 bits per heavy atom. The van der Waals surface area contributed by atoms with Gasteiger partial charge in [0.05, 0.1) is 5.66 Å². The molecule has 0 amide bonds. The predicted molar refractivity (Wildman–Crippen MR) is 77.7 cm³/mol. The third-order valence-electron chi connectivity index (χ3n) is 3.37. The van der Waals surface area contributed by atoms with Gasteiger partial charge in [0.2, 0.25) is 0 Å². The number of hydrogen-bond donors (Lipinski definition) is 2. The molecule has 2 N–H and O–H groups in total. The van der Waals surface area contributed by atoms with Gasteiger partial charge in [-0.05, 0) is 13.3 Å². The van der Waals surface area contributed by atoms with Crippen molar-refractivity contribution in [1.82, 2.24) is 0 Å². The minimum Gasteiger partial charge on any atom is -0.324 e. The van der Waals surface area contributed by atoms with E-state index in [0.717, 1.165) is 12.8 Å². The molecule has 0 aromatic carbocycles. The summed E-state index contributed by atoms with van der Waals surface area (Å²) in [6.45, 7) is 5.75. The lowest BCUT2D eigenvalue weighted by atomic mass is 10.1. The summed E-state index contributed by atoms with van der Waals surface area (Å²) < 4.78 is 10.9. The van der Waals surface area contributed by atoms with E-state index in [2.05, 4.69) is 13.8 Å². The zero-order chi connectivity index (χ0) is 13.9. The fourth-order valence-electron chi connectivity index (χ4n) is 2.04. The van der Waals surface area contributed by atoms with Crippen molar-refractivity contribution in [3.63, 3.8) is 0 Å². The molecule has 0 rings (SSSR count). The topological polar surface area (TPSA) is 57.5 Å². The van der Waals surface area contributed by atoms with E-state index in [-0.39, 0.29) is 0 Å². The molecule has 1 radical (unpaired) electrons. The first-order valence-corrected chi connectivity index (χ1v) is 9.05. The Hall–Kier alpha value is 0.150. The van der Waals surface area contributed by atoms with Gasteiger partial charge in [0.25, 0.3) is 0 Å². The fourth-order valence-corrected chi connectivity index (χ4v) is 2.55. The van der Waals surface area contributed by atoms with Gasteiger partial charge >= 0.3 is 7.60 Å². The third-order valence-corrected chi connectivity index (χ3v) is 4.58. The summed E-state index contributed by atoms with van der Waals surface area (Å²) in [5.74, 6) is 0. The fraction of sp³-hybridized carbons (Fsp3) is 0.929. The van der Waals surface area contributed by atoms with Crippen LogP contribution in [0.5, 0.6) is 0 Å². The molecule has 109 valence electrons. The van der Waals surface area contributed by atoms with Crippen LogP contribution in [0.2, 0.25) is 0 Å². The average Bonchev–Trinajstić information content (AvgIpc) is 2.30. The Morgan fingerprint density at radius 2 is 1.28 bits per heavy atom. The van der Waals surface area contributed by atoms with Crippen LogP contribution in [-0.4, -0.2) is 15.4 Å². The molecule has 1 atom stereocenters. The molecule has 0 heterocycles. The van der Waals surface area contributed by atoms with Crippen molar-refractivity contribution in [2.75, 3.05) is 0 Å². The summed E-state index contributed by atoms with van der Waals surface area (Å²) >= 11 is 0. The van der Waals surface area contributed by atoms with Gasteiger partial charge in [-0.15, -0.1) is 0 Å². The standard InChI is InChI=1S/C14H30O3P/c1-3-4-5-6-7-8-9-10-11-12-13-14(2)18(15,16)17/h14H,2-13H2,1H3,(H2,15,16,17). The summed E-state index contributed by atoms with van der Waals surface area (Å²) in [4.78, 5) is 17.8. The highest BCUT2D eigenvalue weighted by Gasteiger charge is 2.22. The van der Waals surface area contributed by atoms with Crippen LogP contribution in [0.1, 0.15) is 77.6 Å². The molecular formula is C14H30O3P. The maximum atomic E-state index is 10.9. The van der Waals surface area contributed by atoms with Crippen LogP contribution < -0.4 is 0 Å². The zero-order valence-corrected chi connectivity index (χ0v) is 12.7. The quantitative estimate of drug-likeness (QED) is 0.402. The SMILES string of the molecule is [CH2]C(CCCCCCCCCCCC)P(=O)(O)O. The molecule has 0 aliphatic rings. The van der Waals surface area contributed by atoms with Crippen LogP contribution >= 0.6 is 7.60 Å². The Balaban J connectivity index is 3.19. The predicted octanol–water partition coefficient (Wildman–Crippen LogP) is 4.68. The molecule has 4 heteroatoms. The van der Waals surface area contributed by atoms with Gasteiger partial charge < -0.3 is 9.79 Å². The van der Waals surface area contributed by atoms with Gasteiger partial charge in [0.15, 0.2) is 0 Å². The van der Waals surface area contributed by atoms with Crippen molar-refractivity contribution in [1.29, 1.82) is 0 Å². The monoisotopic (exact) mass is 277 g/mol. The first-order valence-electron chi connectivity index (χ1n) is 7.36. The van der Waals surface area contributed by atoms with Crippen LogP contribution in [0.4, 0.5) is 0 Å². The van der Waals surface area contributed by atoms with Crippen LogP contribution in [0.15, 0.2) is 0 Å². The molecule has 0 aromatic rings. The van der Waals surface area contributed by atoms with E-state index >= 15 is 0 Å². The highest BCUT2D eigenvalue weighted by molar-refractivity contribution is 7.52. The number of unbranched alkanes of at least 4 members (excludes halogenated alkanes) is 9. The number of hydrogen-bond acceptors (Lipinski definition) is 1. The van der Waals surface area contributed by atoms with Crippen molar-refractivity contribution in [2.45, 2.75) is 83.2 Å². The Bertz CT molecular complexity index is 225. The lowest BCUT2D eigenvalue weighted by Gasteiger charge is -2.12. The Morgan fingerprint density at radius 1 is 0.889 bits per heavy atom. The van der Waals surface area contributed by atoms with Crippen molar-refractivity contribution in [2.24, 2.45) is 0 Å². The summed E-state index contributed by atoms with van der Waals surface area (Å²) in [7, 11) is -3.94. The second-order valence-corrected chi connectivity index (χ2v) is 7.12. The molecule has 0 fully saturated rings. The maximum Gasteiger partial charge on any atom is 0.328 e. The molecule has 0 saturated heterocycles.